The third kappa shape index (κ3) is 15.7. The molecule has 0 aromatic carbocycles. The Kier molecular flexibility index (Phi) is 15.0. The van der Waals surface area contributed by atoms with E-state index in [1.807, 2.05) is 0 Å². The molecular weight excluding hydrogens is 828 g/mol. The summed E-state index contributed by atoms with van der Waals surface area (Å²) in [5.41, 5.74) is 0.666. The molecule has 1 aliphatic heterocycles. The van der Waals surface area contributed by atoms with E-state index in [0.717, 1.165) is 9.80 Å². The molecule has 0 atom stereocenters. The molecule has 0 aliphatic carbocycles. The summed E-state index contributed by atoms with van der Waals surface area (Å²) in [5, 5.41) is 9.14. The second-order valence-electron chi connectivity index (χ2n) is 12.5. The number of pyridine rings is 1. The number of imide groups is 1. The number of hydrogen-bond acceptors (Lipinski definition) is 13. The van der Waals surface area contributed by atoms with E-state index in [1.54, 1.807) is 0 Å². The number of rotatable bonds is 19. The van der Waals surface area contributed by atoms with Gasteiger partial charge in [0.25, 0.3) is 11.8 Å². The molecule has 1 aliphatic rings. The van der Waals surface area contributed by atoms with Gasteiger partial charge in [-0.15, -0.1) is 5.06 Å². The van der Waals surface area contributed by atoms with Crippen molar-refractivity contribution in [1.29, 1.82) is 0 Å². The van der Waals surface area contributed by atoms with Crippen LogP contribution in [0, 0.1) is 11.8 Å². The minimum absolute atomic E-state index is 0.0297. The average molecular weight is 867 g/mol. The zero-order valence-electron chi connectivity index (χ0n) is 29.2. The number of amides is 2. The first-order valence-corrected chi connectivity index (χ1v) is 23.4. The second kappa shape index (κ2) is 18.7. The highest BCUT2D eigenvalue weighted by Crippen LogP contribution is 2.42. The smallest absolute Gasteiger partial charge is 0.330 e. The fourth-order valence-electron chi connectivity index (χ4n) is 5.20. The molecule has 0 bridgehead atoms. The lowest BCUT2D eigenvalue weighted by molar-refractivity contribution is -0.197. The molecule has 4 rings (SSSR count). The molecule has 0 saturated carbocycles. The van der Waals surface area contributed by atoms with Crippen LogP contribution in [0.25, 0.3) is 11.6 Å². The fraction of sp³-hybridized carbons (Fsp3) is 0.429. The molecule has 3 aromatic rings. The van der Waals surface area contributed by atoms with Crippen molar-refractivity contribution in [1.82, 2.24) is 39.4 Å². The van der Waals surface area contributed by atoms with Crippen molar-refractivity contribution in [3.05, 3.63) is 53.6 Å². The number of aromatic nitrogens is 5. The van der Waals surface area contributed by atoms with Crippen molar-refractivity contribution in [2.75, 3.05) is 25.1 Å². The monoisotopic (exact) mass is 866 g/mol. The summed E-state index contributed by atoms with van der Waals surface area (Å²) in [4.78, 5) is 122. The predicted molar refractivity (Wildman–Crippen MR) is 190 cm³/mol. The number of nitrogens with zero attached hydrogens (tertiary/aromatic N) is 8. The van der Waals surface area contributed by atoms with Gasteiger partial charge < -0.3 is 44.0 Å². The van der Waals surface area contributed by atoms with Crippen LogP contribution >= 0.6 is 30.4 Å². The van der Waals surface area contributed by atoms with Gasteiger partial charge in [-0.1, -0.05) is 11.8 Å². The molecule has 3 aromatic heterocycles. The molecule has 28 heteroatoms. The molecule has 1 saturated heterocycles. The van der Waals surface area contributed by atoms with Gasteiger partial charge >= 0.3 is 36.4 Å². The zero-order chi connectivity index (χ0) is 41.5. The van der Waals surface area contributed by atoms with Crippen molar-refractivity contribution in [2.24, 2.45) is 0 Å². The zero-order valence-corrected chi connectivity index (χ0v) is 32.7. The predicted octanol–water partition coefficient (Wildman–Crippen LogP) is 0.117. The summed E-state index contributed by atoms with van der Waals surface area (Å²) >= 11 is 0. The van der Waals surface area contributed by atoms with Crippen LogP contribution in [-0.2, 0) is 50.6 Å². The Hall–Kier alpha value is -3.74. The van der Waals surface area contributed by atoms with E-state index in [2.05, 4.69) is 27.0 Å². The third-order valence-corrected chi connectivity index (χ3v) is 10.3. The van der Waals surface area contributed by atoms with Gasteiger partial charge in [0.15, 0.2) is 11.6 Å². The SMILES string of the molecule is O=C(CCCCC#Cc1cc(-n2ccc(CN(CP(=O)(O)O)CP(=O)(O)O)n2)nc(-n2ccc(CN(CP(=O)(O)O)CP(=O)(O)O)n2)c1)ON1C(=O)CCC1=O. The van der Waals surface area contributed by atoms with Crippen LogP contribution in [0.5, 0.6) is 0 Å². The molecule has 306 valence electrons. The standard InChI is InChI=1S/C28H38N8O16P4/c37-26-7-8-27(38)36(26)52-28(39)6-4-2-1-3-5-21-13-24(34-11-9-22(30-34)15-32(17-53(40,41)42)18-54(43,44)45)29-25(14-21)35-12-10-23(31-35)16-33(19-55(46,47)48)20-56(49,50)51/h9-14H,1-2,4,6-8,15-20H2,(H2,40,41,42)(H2,43,44,45)(H2,46,47,48)(H2,49,50,51). The van der Waals surface area contributed by atoms with Gasteiger partial charge in [-0.3, -0.25) is 37.6 Å². The normalized spacial score (nSPS) is 14.1. The van der Waals surface area contributed by atoms with Gasteiger partial charge in [0, 0.05) is 56.7 Å². The Morgan fingerprint density at radius 3 is 1.55 bits per heavy atom. The lowest BCUT2D eigenvalue weighted by atomic mass is 10.2. The number of hydrogen-bond donors (Lipinski definition) is 8. The lowest BCUT2D eigenvalue weighted by Crippen LogP contribution is -2.31. The topological polar surface area (TPSA) is 349 Å². The van der Waals surface area contributed by atoms with Gasteiger partial charge in [-0.2, -0.15) is 10.2 Å². The second-order valence-corrected chi connectivity index (χ2v) is 19.0. The Balaban J connectivity index is 1.57. The van der Waals surface area contributed by atoms with E-state index in [0.29, 0.717) is 29.9 Å². The van der Waals surface area contributed by atoms with Gasteiger partial charge in [-0.05, 0) is 37.1 Å². The molecule has 0 spiro atoms. The maximum atomic E-state index is 12.1. The third-order valence-electron chi connectivity index (χ3n) is 7.23. The van der Waals surface area contributed by atoms with E-state index in [-0.39, 0.29) is 55.4 Å². The first-order chi connectivity index (χ1) is 25.9. The summed E-state index contributed by atoms with van der Waals surface area (Å²) in [6.45, 7) is -0.730. The lowest BCUT2D eigenvalue weighted by Gasteiger charge is -2.21. The van der Waals surface area contributed by atoms with Gasteiger partial charge in [-0.25, -0.2) is 19.1 Å². The first-order valence-electron chi connectivity index (χ1n) is 16.2. The van der Waals surface area contributed by atoms with E-state index >= 15 is 0 Å². The molecule has 0 radical (unpaired) electrons. The molecule has 1 fully saturated rings. The highest BCUT2D eigenvalue weighted by atomic mass is 31.2. The van der Waals surface area contributed by atoms with Gasteiger partial charge in [0.05, 0.1) is 11.4 Å². The number of unbranched alkanes of at least 4 members (excludes halogenated alkanes) is 2. The van der Waals surface area contributed by atoms with Crippen LogP contribution < -0.4 is 0 Å². The molecular formula is C28H38N8O16P4. The summed E-state index contributed by atoms with van der Waals surface area (Å²) in [6.07, 6.45) is -0.0839. The van der Waals surface area contributed by atoms with Crippen molar-refractivity contribution < 1.29 is 76.6 Å². The summed E-state index contributed by atoms with van der Waals surface area (Å²) in [6, 6.07) is 5.89. The van der Waals surface area contributed by atoms with Gasteiger partial charge in [0.1, 0.15) is 25.1 Å². The van der Waals surface area contributed by atoms with Crippen LogP contribution in [0.4, 0.5) is 0 Å². The highest BCUT2D eigenvalue weighted by Gasteiger charge is 2.33. The Morgan fingerprint density at radius 2 is 1.14 bits per heavy atom. The largest absolute Gasteiger partial charge is 0.339 e. The quantitative estimate of drug-likeness (QED) is 0.0343. The van der Waals surface area contributed by atoms with Crippen LogP contribution in [0.1, 0.15) is 55.5 Å². The molecule has 56 heavy (non-hydrogen) atoms. The first kappa shape index (κ1) is 45.0. The van der Waals surface area contributed by atoms with Crippen LogP contribution in [-0.4, -0.2) is 121 Å². The van der Waals surface area contributed by atoms with Crippen molar-refractivity contribution in [3.8, 4) is 23.5 Å². The van der Waals surface area contributed by atoms with Crippen molar-refractivity contribution >= 4 is 48.2 Å². The minimum Gasteiger partial charge on any atom is -0.330 e. The molecule has 8 N–H and O–H groups in total. The maximum absolute atomic E-state index is 12.1. The van der Waals surface area contributed by atoms with Gasteiger partial charge in [0.2, 0.25) is 0 Å². The van der Waals surface area contributed by atoms with Crippen LogP contribution in [0.3, 0.4) is 0 Å². The van der Waals surface area contributed by atoms with E-state index in [9.17, 15) is 71.8 Å². The average Bonchev–Trinajstić information content (AvgIpc) is 3.77. The van der Waals surface area contributed by atoms with E-state index < -0.39 is 73.3 Å². The summed E-state index contributed by atoms with van der Waals surface area (Å²) in [7, 11) is -18.9. The molecule has 0 unspecified atom stereocenters. The van der Waals surface area contributed by atoms with E-state index in [1.165, 1.54) is 46.0 Å². The Labute approximate surface area is 317 Å². The fourth-order valence-corrected chi connectivity index (χ4v) is 8.40. The highest BCUT2D eigenvalue weighted by molar-refractivity contribution is 7.53. The Bertz CT molecular complexity index is 2000. The van der Waals surface area contributed by atoms with Crippen molar-refractivity contribution in [2.45, 2.75) is 51.6 Å². The number of carbonyl (C=O) groups excluding carboxylic acids is 3. The molecule has 2 amide bonds. The van der Waals surface area contributed by atoms with Crippen molar-refractivity contribution in [3.63, 3.8) is 0 Å². The summed E-state index contributed by atoms with van der Waals surface area (Å²) in [5.74, 6) is 4.24. The Morgan fingerprint density at radius 1 is 0.714 bits per heavy atom. The molecule has 24 nitrogen and oxygen atoms in total. The number of carbonyl (C=O) groups is 3. The molecule has 4 heterocycles. The maximum Gasteiger partial charge on any atom is 0.339 e. The number of hydroxylamine groups is 2. The summed E-state index contributed by atoms with van der Waals surface area (Å²) < 4.78 is 49.0. The van der Waals surface area contributed by atoms with Crippen LogP contribution in [0.15, 0.2) is 36.7 Å². The van der Waals surface area contributed by atoms with E-state index in [4.69, 9.17) is 4.84 Å². The van der Waals surface area contributed by atoms with Crippen LogP contribution in [0.2, 0.25) is 0 Å². The minimum atomic E-state index is -4.72.